The Labute approximate surface area is 82.7 Å². The quantitative estimate of drug-likeness (QED) is 0.589. The summed E-state index contributed by atoms with van der Waals surface area (Å²) in [6, 6.07) is 4.74. The van der Waals surface area contributed by atoms with Crippen LogP contribution in [0.15, 0.2) is 23.4 Å². The summed E-state index contributed by atoms with van der Waals surface area (Å²) in [7, 11) is -0.856. The molecule has 0 amide bonds. The van der Waals surface area contributed by atoms with Gasteiger partial charge >= 0.3 is 0 Å². The fraction of sp³-hybridized carbons (Fsp3) is 0.667. The van der Waals surface area contributed by atoms with E-state index in [1.165, 1.54) is 25.7 Å². The minimum Gasteiger partial charge on any atom is -0.0815 e. The van der Waals surface area contributed by atoms with E-state index < -0.39 is 8.07 Å². The molecule has 0 aromatic rings. The molecule has 2 aliphatic rings. The highest BCUT2D eigenvalue weighted by molar-refractivity contribution is 6.89. The Morgan fingerprint density at radius 1 is 1.38 bits per heavy atom. The van der Waals surface area contributed by atoms with Crippen molar-refractivity contribution < 1.29 is 0 Å². The minimum absolute atomic E-state index is 0.856. The molecule has 0 radical (unpaired) electrons. The largest absolute Gasteiger partial charge is 0.0862 e. The molecule has 1 saturated heterocycles. The topological polar surface area (TPSA) is 0 Å². The maximum Gasteiger partial charge on any atom is 0.0862 e. The number of hydrogen-bond donors (Lipinski definition) is 0. The van der Waals surface area contributed by atoms with E-state index in [2.05, 4.69) is 25.2 Å². The summed E-state index contributed by atoms with van der Waals surface area (Å²) in [5, 5.41) is 1.80. The fourth-order valence-electron chi connectivity index (χ4n) is 2.65. The summed E-state index contributed by atoms with van der Waals surface area (Å²) in [5.41, 5.74) is 0. The fourth-order valence-corrected chi connectivity index (χ4v) is 7.28. The van der Waals surface area contributed by atoms with Crippen molar-refractivity contribution in [3.05, 3.63) is 23.4 Å². The van der Waals surface area contributed by atoms with Crippen molar-refractivity contribution in [2.45, 2.75) is 50.7 Å². The van der Waals surface area contributed by atoms with E-state index in [9.17, 15) is 0 Å². The second kappa shape index (κ2) is 3.83. The molecule has 1 aliphatic carbocycles. The maximum atomic E-state index is 2.50. The molecule has 72 valence electrons. The molecule has 13 heavy (non-hydrogen) atoms. The monoisotopic (exact) mass is 192 g/mol. The van der Waals surface area contributed by atoms with E-state index in [1.807, 2.05) is 0 Å². The van der Waals surface area contributed by atoms with Crippen LogP contribution < -0.4 is 0 Å². The molecule has 2 rings (SSSR count). The zero-order valence-corrected chi connectivity index (χ0v) is 9.68. The average Bonchev–Trinajstić information content (AvgIpc) is 2.56. The van der Waals surface area contributed by atoms with Crippen molar-refractivity contribution in [3.63, 3.8) is 0 Å². The van der Waals surface area contributed by atoms with E-state index in [1.54, 1.807) is 23.3 Å². The van der Waals surface area contributed by atoms with Gasteiger partial charge in [0, 0.05) is 0 Å². The van der Waals surface area contributed by atoms with Crippen LogP contribution in [0.2, 0.25) is 18.1 Å². The van der Waals surface area contributed by atoms with Crippen LogP contribution in [-0.4, -0.2) is 8.07 Å². The van der Waals surface area contributed by atoms with Gasteiger partial charge in [0.25, 0.3) is 0 Å². The summed E-state index contributed by atoms with van der Waals surface area (Å²) in [5.74, 6) is 0. The third-order valence-electron chi connectivity index (χ3n) is 3.70. The first-order valence-corrected chi connectivity index (χ1v) is 8.37. The lowest BCUT2D eigenvalue weighted by Crippen LogP contribution is -2.43. The van der Waals surface area contributed by atoms with Crippen molar-refractivity contribution in [2.75, 3.05) is 0 Å². The van der Waals surface area contributed by atoms with Crippen LogP contribution in [0.5, 0.6) is 0 Å². The smallest absolute Gasteiger partial charge is 0.0815 e. The van der Waals surface area contributed by atoms with Crippen molar-refractivity contribution in [1.82, 2.24) is 0 Å². The molecule has 0 nitrogen and oxygen atoms in total. The Bertz CT molecular complexity index is 234. The molecule has 0 aromatic carbocycles. The van der Waals surface area contributed by atoms with Gasteiger partial charge in [0.15, 0.2) is 0 Å². The molecule has 1 aliphatic heterocycles. The third kappa shape index (κ3) is 1.67. The van der Waals surface area contributed by atoms with Gasteiger partial charge < -0.3 is 0 Å². The second-order valence-electron chi connectivity index (χ2n) is 4.53. The van der Waals surface area contributed by atoms with E-state index in [-0.39, 0.29) is 0 Å². The molecule has 0 N–H and O–H groups in total. The van der Waals surface area contributed by atoms with E-state index in [4.69, 9.17) is 0 Å². The minimum atomic E-state index is -0.856. The van der Waals surface area contributed by atoms with Crippen molar-refractivity contribution >= 4 is 8.07 Å². The number of allylic oxidation sites excluding steroid dienone is 4. The van der Waals surface area contributed by atoms with Gasteiger partial charge in [-0.15, -0.1) is 0 Å². The third-order valence-corrected chi connectivity index (χ3v) is 9.23. The lowest BCUT2D eigenvalue weighted by Gasteiger charge is -2.41. The first-order chi connectivity index (χ1) is 6.37. The summed E-state index contributed by atoms with van der Waals surface area (Å²) in [6.45, 7) is 2.32. The molecular formula is C12H20Si. The van der Waals surface area contributed by atoms with Crippen LogP contribution in [0.4, 0.5) is 0 Å². The van der Waals surface area contributed by atoms with Crippen molar-refractivity contribution in [3.8, 4) is 0 Å². The van der Waals surface area contributed by atoms with Crippen LogP contribution in [0.3, 0.4) is 0 Å². The van der Waals surface area contributed by atoms with Crippen LogP contribution in [0, 0.1) is 0 Å². The Morgan fingerprint density at radius 3 is 2.69 bits per heavy atom. The van der Waals surface area contributed by atoms with Gasteiger partial charge in [-0.1, -0.05) is 67.7 Å². The number of rotatable bonds is 4. The first-order valence-electron chi connectivity index (χ1n) is 5.74. The molecule has 0 aromatic heterocycles. The summed E-state index contributed by atoms with van der Waals surface area (Å²) in [4.78, 5) is 0. The highest BCUT2D eigenvalue weighted by Gasteiger charge is 2.41. The van der Waals surface area contributed by atoms with Gasteiger partial charge in [-0.2, -0.15) is 0 Å². The van der Waals surface area contributed by atoms with Gasteiger partial charge in [-0.05, 0) is 6.42 Å². The highest BCUT2D eigenvalue weighted by Crippen LogP contribution is 2.44. The highest BCUT2D eigenvalue weighted by atomic mass is 28.3. The Hall–Kier alpha value is -0.303. The molecule has 0 unspecified atom stereocenters. The van der Waals surface area contributed by atoms with Crippen LogP contribution >= 0.6 is 0 Å². The van der Waals surface area contributed by atoms with Gasteiger partial charge in [0.2, 0.25) is 0 Å². The molecule has 0 spiro atoms. The summed E-state index contributed by atoms with van der Waals surface area (Å²) in [6.07, 6.45) is 12.9. The summed E-state index contributed by atoms with van der Waals surface area (Å²) >= 11 is 0. The zero-order chi connectivity index (χ0) is 9.15. The van der Waals surface area contributed by atoms with E-state index in [0.717, 1.165) is 0 Å². The maximum absolute atomic E-state index is 2.50. The molecule has 0 atom stereocenters. The van der Waals surface area contributed by atoms with Crippen molar-refractivity contribution in [1.29, 1.82) is 0 Å². The summed E-state index contributed by atoms with van der Waals surface area (Å²) < 4.78 is 0. The predicted molar refractivity (Wildman–Crippen MR) is 61.5 cm³/mol. The molecule has 0 bridgehead atoms. The van der Waals surface area contributed by atoms with E-state index >= 15 is 0 Å². The normalized spacial score (nSPS) is 24.2. The second-order valence-corrected chi connectivity index (χ2v) is 9.17. The first kappa shape index (κ1) is 9.26. The lowest BCUT2D eigenvalue weighted by molar-refractivity contribution is 0.810. The SMILES string of the molecule is CCCC[Si]1(C2=CCC=C2)CCC1. The van der Waals surface area contributed by atoms with Crippen LogP contribution in [-0.2, 0) is 0 Å². The lowest BCUT2D eigenvalue weighted by atomic mass is 10.4. The van der Waals surface area contributed by atoms with Crippen molar-refractivity contribution in [2.24, 2.45) is 0 Å². The Morgan fingerprint density at radius 2 is 2.23 bits per heavy atom. The molecule has 1 heteroatoms. The number of hydrogen-bond acceptors (Lipinski definition) is 0. The molecule has 0 saturated carbocycles. The number of unbranched alkanes of at least 4 members (excludes halogenated alkanes) is 1. The Balaban J connectivity index is 2.02. The molecular weight excluding hydrogens is 172 g/mol. The zero-order valence-electron chi connectivity index (χ0n) is 8.68. The molecule has 1 fully saturated rings. The van der Waals surface area contributed by atoms with Gasteiger partial charge in [-0.25, -0.2) is 0 Å². The van der Waals surface area contributed by atoms with E-state index in [0.29, 0.717) is 0 Å². The van der Waals surface area contributed by atoms with Gasteiger partial charge in [0.1, 0.15) is 0 Å². The average molecular weight is 192 g/mol. The molecule has 1 heterocycles. The van der Waals surface area contributed by atoms with Gasteiger partial charge in [-0.3, -0.25) is 0 Å². The van der Waals surface area contributed by atoms with Crippen LogP contribution in [0.1, 0.15) is 32.6 Å². The van der Waals surface area contributed by atoms with Crippen LogP contribution in [0.25, 0.3) is 0 Å². The predicted octanol–water partition coefficient (Wildman–Crippen LogP) is 4.06. The Kier molecular flexibility index (Phi) is 2.73. The van der Waals surface area contributed by atoms with Gasteiger partial charge in [0.05, 0.1) is 8.07 Å². The standard InChI is InChI=1S/C12H20Si/c1-2-3-9-13(10-6-11-13)12-7-4-5-8-12/h4,7-8H,2-3,5-6,9-11H2,1H3.